The third-order valence-electron chi connectivity index (χ3n) is 25.4. The molecule has 1 aliphatic carbocycles. The maximum absolute atomic E-state index is 15.3. The number of nitrogens with one attached hydrogen (secondary N) is 1. The molecule has 10 atom stereocenters. The van der Waals surface area contributed by atoms with Gasteiger partial charge in [-0.25, -0.2) is 19.3 Å². The van der Waals surface area contributed by atoms with E-state index < -0.39 is 22.4 Å². The summed E-state index contributed by atoms with van der Waals surface area (Å²) in [7, 11) is 0. The number of nitrogens with zero attached hydrogens (tertiary/aromatic N) is 10. The van der Waals surface area contributed by atoms with Crippen LogP contribution in [0.3, 0.4) is 0 Å². The molecule has 15 rings (SSSR count). The van der Waals surface area contributed by atoms with E-state index in [1.165, 1.54) is 44.5 Å². The quantitative estimate of drug-likeness (QED) is 0.0249. The third kappa shape index (κ3) is 28.0. The molecule has 2 unspecified atom stereocenters. The highest BCUT2D eigenvalue weighted by Crippen LogP contribution is 2.43. The Morgan fingerprint density at radius 2 is 0.773 bits per heavy atom. The van der Waals surface area contributed by atoms with Crippen molar-refractivity contribution in [1.82, 2.24) is 19.9 Å². The molecule has 7 aliphatic rings. The van der Waals surface area contributed by atoms with Crippen molar-refractivity contribution in [2.24, 2.45) is 0 Å². The van der Waals surface area contributed by atoms with Gasteiger partial charge in [0.25, 0.3) is 0 Å². The predicted molar refractivity (Wildman–Crippen MR) is 528 cm³/mol. The first kappa shape index (κ1) is 99.5. The summed E-state index contributed by atoms with van der Waals surface area (Å²) in [5, 5.41) is 46.0. The van der Waals surface area contributed by atoms with Crippen molar-refractivity contribution in [2.45, 2.75) is 257 Å². The molecule has 5 N–H and O–H groups in total. The van der Waals surface area contributed by atoms with E-state index in [-0.39, 0.29) is 37.7 Å². The van der Waals surface area contributed by atoms with Gasteiger partial charge in [-0.15, -0.1) is 26.3 Å². The summed E-state index contributed by atoms with van der Waals surface area (Å²) in [5.74, 6) is 6.74. The summed E-state index contributed by atoms with van der Waals surface area (Å²) in [6, 6.07) is 41.3. The van der Waals surface area contributed by atoms with Gasteiger partial charge in [-0.3, -0.25) is 4.98 Å². The molecule has 19 nitrogen and oxygen atoms in total. The molecule has 0 radical (unpaired) electrons. The Morgan fingerprint density at radius 3 is 1.11 bits per heavy atom. The van der Waals surface area contributed by atoms with Gasteiger partial charge in [0.05, 0.1) is 82.0 Å². The minimum absolute atomic E-state index is 0. The van der Waals surface area contributed by atoms with Gasteiger partial charge in [0.15, 0.2) is 11.6 Å². The van der Waals surface area contributed by atoms with Crippen LogP contribution in [0.1, 0.15) is 232 Å². The molecule has 7 fully saturated rings. The Morgan fingerprint density at radius 1 is 0.453 bits per heavy atom. The van der Waals surface area contributed by atoms with Crippen LogP contribution in [-0.2, 0) is 6.42 Å². The number of aliphatic hydroxyl groups is 4. The molecular formula is C105H141Cl3FN11O8. The van der Waals surface area contributed by atoms with Crippen LogP contribution in [0.25, 0.3) is 0 Å². The minimum atomic E-state index is -0.842. The second-order valence-electron chi connectivity index (χ2n) is 38.5. The van der Waals surface area contributed by atoms with Crippen molar-refractivity contribution in [1.29, 1.82) is 0 Å². The highest BCUT2D eigenvalue weighted by atomic mass is 35.5. The number of aromatic nitrogens is 4. The van der Waals surface area contributed by atoms with Gasteiger partial charge < -0.3 is 74.1 Å². The standard InChI is InChI=1S/C27H35ClN2O2.C26H34ClN3O2.C26H34FN3O2.C25H34ClN3O2.CH4/c1-19(2)17-20(3)21-5-7-22(8-6-21)32-23-11-16-30(18-23)25-10-15-29-24(26(25)28)9-14-27(31)12-4-13-27;2*1-18(2)15-19(3)20-5-7-21(8-6-20)32-22-10-13-29(16-22)23-9-12-28-25(24(23)27)30-14-11-26(4,31)17-30;1-17(2)14-18(3)19-6-8-20(9-7-19)31-21-11-13-29(15-21)22-10-12-27-24(23(22)26)28-16-25(4,5)30;/h5-8,10,15,20,23,31H,1,4,9,11-14,16-18H2,2-3H3;2*5-9,12,19,22,31H,1,10-11,13-17H2,2-4H3;6-10,12,18,21,30H,1,11,13-16H2,2-5H3,(H,27,28);1H4/t20-,23-;2*19-,22-,26?;18-,21-;/m1111./s1. The average Bonchev–Trinajstić information content (AvgIpc) is 1.68. The second-order valence-corrected chi connectivity index (χ2v) is 39.7. The highest BCUT2D eigenvalue weighted by Gasteiger charge is 2.39. The third-order valence-corrected chi connectivity index (χ3v) is 26.5. The largest absolute Gasteiger partial charge is 0.489 e. The Balaban J connectivity index is 0.000000165. The number of rotatable bonds is 32. The molecule has 8 aromatic rings. The van der Waals surface area contributed by atoms with Crippen LogP contribution >= 0.6 is 34.8 Å². The van der Waals surface area contributed by atoms with E-state index >= 15 is 4.39 Å². The summed E-state index contributed by atoms with van der Waals surface area (Å²) < 4.78 is 40.3. The molecule has 23 heteroatoms. The molecule has 0 amide bonds. The molecule has 10 heterocycles. The van der Waals surface area contributed by atoms with E-state index in [2.05, 4.69) is 211 Å². The fourth-order valence-electron chi connectivity index (χ4n) is 18.2. The van der Waals surface area contributed by atoms with Gasteiger partial charge in [-0.05, 0) is 245 Å². The Kier molecular flexibility index (Phi) is 34.7. The first-order chi connectivity index (χ1) is 60.4. The van der Waals surface area contributed by atoms with E-state index in [0.717, 1.165) is 187 Å². The molecule has 0 bridgehead atoms. The summed E-state index contributed by atoms with van der Waals surface area (Å²) >= 11 is 20.1. The number of aryl methyl sites for hydroxylation is 1. The number of allylic oxidation sites excluding steroid dienone is 4. The molecule has 0 spiro atoms. The Bertz CT molecular complexity index is 4830. The average molecular weight is 1810 g/mol. The number of halogens is 4. The fourth-order valence-corrected chi connectivity index (χ4v) is 19.2. The summed E-state index contributed by atoms with van der Waals surface area (Å²) in [4.78, 5) is 30.3. The smallest absolute Gasteiger partial charge is 0.188 e. The summed E-state index contributed by atoms with van der Waals surface area (Å²) in [6.45, 7) is 49.5. The lowest BCUT2D eigenvalue weighted by atomic mass is 9.77. The van der Waals surface area contributed by atoms with Gasteiger partial charge in [-0.1, -0.05) is 141 Å². The SMILES string of the molecule is C.C=C(C)C[C@@H](C)c1ccc(O[C@@H]2CCN(c3ccnc(CCC4(O)CCC4)c3Cl)C2)cc1.C=C(C)C[C@@H](C)c1ccc(O[C@@H]2CCN(c3ccnc(N4CCC(C)(O)C4)c3Cl)C2)cc1.C=C(C)C[C@@H](C)c1ccc(O[C@@H]2CCN(c3ccnc(N4CCC(C)(O)C4)c3F)C2)cc1.C=C(C)C[C@@H](C)c1ccc(O[C@@H]2CCN(c3ccnc(NCC(C)(C)O)c3Cl)C2)cc1. The topological polar surface area (TPSA) is 201 Å². The van der Waals surface area contributed by atoms with Crippen molar-refractivity contribution in [2.75, 3.05) is 120 Å². The predicted octanol–water partition coefficient (Wildman–Crippen LogP) is 22.9. The van der Waals surface area contributed by atoms with Gasteiger partial charge in [0, 0.05) is 109 Å². The molecule has 4 aromatic heterocycles. The monoisotopic (exact) mass is 1810 g/mol. The molecule has 6 aliphatic heterocycles. The van der Waals surface area contributed by atoms with E-state index in [4.69, 9.17) is 53.8 Å². The van der Waals surface area contributed by atoms with Crippen molar-refractivity contribution in [3.8, 4) is 23.0 Å². The van der Waals surface area contributed by atoms with Crippen molar-refractivity contribution in [3.05, 3.63) is 244 Å². The van der Waals surface area contributed by atoms with E-state index in [1.54, 1.807) is 39.2 Å². The van der Waals surface area contributed by atoms with Crippen LogP contribution in [0.15, 0.2) is 195 Å². The fraction of sp³-hybridized carbons (Fsp3) is 0.505. The highest BCUT2D eigenvalue weighted by molar-refractivity contribution is 6.36. The van der Waals surface area contributed by atoms with E-state index in [9.17, 15) is 20.4 Å². The molecule has 128 heavy (non-hydrogen) atoms. The molecular weight excluding hydrogens is 1670 g/mol. The summed E-state index contributed by atoms with van der Waals surface area (Å²) in [5.41, 5.74) is 11.5. The van der Waals surface area contributed by atoms with Crippen LogP contribution in [0.5, 0.6) is 23.0 Å². The first-order valence-corrected chi connectivity index (χ1v) is 46.9. The van der Waals surface area contributed by atoms with Crippen LogP contribution in [0.2, 0.25) is 15.1 Å². The van der Waals surface area contributed by atoms with Crippen molar-refractivity contribution in [3.63, 3.8) is 0 Å². The number of pyridine rings is 4. The van der Waals surface area contributed by atoms with E-state index in [0.29, 0.717) is 102 Å². The van der Waals surface area contributed by atoms with Gasteiger partial charge in [0.2, 0.25) is 0 Å². The lowest BCUT2D eigenvalue weighted by molar-refractivity contribution is -0.0399. The van der Waals surface area contributed by atoms with Crippen molar-refractivity contribution >= 4 is 75.0 Å². The van der Waals surface area contributed by atoms with Crippen LogP contribution in [0, 0.1) is 5.82 Å². The maximum atomic E-state index is 15.3. The van der Waals surface area contributed by atoms with Gasteiger partial charge in [-0.2, -0.15) is 0 Å². The van der Waals surface area contributed by atoms with Crippen LogP contribution < -0.4 is 53.7 Å². The maximum Gasteiger partial charge on any atom is 0.188 e. The lowest BCUT2D eigenvalue weighted by Gasteiger charge is -2.36. The van der Waals surface area contributed by atoms with Crippen LogP contribution in [-0.4, -0.2) is 172 Å². The molecule has 1 saturated carbocycles. The second kappa shape index (κ2) is 44.7. The molecule has 4 aromatic carbocycles. The lowest BCUT2D eigenvalue weighted by Crippen LogP contribution is -2.37. The summed E-state index contributed by atoms with van der Waals surface area (Å²) in [6.07, 6.45) is 20.7. The number of β-amino-alcohol motifs (C(OH)–C–C–N with tert-alkyl or cyclic N) is 2. The number of benzene rings is 4. The Hall–Kier alpha value is -9.12. The number of hydrogen-bond acceptors (Lipinski definition) is 19. The Labute approximate surface area is 777 Å². The normalized spacial score (nSPS) is 21.4. The zero-order valence-electron chi connectivity index (χ0n) is 77.0. The van der Waals surface area contributed by atoms with E-state index in [1.807, 2.05) is 59.4 Å². The zero-order valence-corrected chi connectivity index (χ0v) is 79.3. The zero-order chi connectivity index (χ0) is 91.1. The first-order valence-electron chi connectivity index (χ1n) is 45.7. The van der Waals surface area contributed by atoms with Crippen molar-refractivity contribution < 1.29 is 43.8 Å². The molecule has 692 valence electrons. The number of anilines is 7. The number of ether oxygens (including phenoxy) is 4. The van der Waals surface area contributed by atoms with Crippen LogP contribution in [0.4, 0.5) is 44.6 Å². The number of hydrogen-bond donors (Lipinski definition) is 5. The van der Waals surface area contributed by atoms with Gasteiger partial charge in [0.1, 0.15) is 69.1 Å². The van der Waals surface area contributed by atoms with Gasteiger partial charge >= 0.3 is 0 Å². The minimum Gasteiger partial charge on any atom is -0.489 e. The molecule has 6 saturated heterocycles.